The molecule has 43 heavy (non-hydrogen) atoms. The second-order valence-electron chi connectivity index (χ2n) is 10.9. The Balaban J connectivity index is 1.12. The number of hydrogen-bond donors (Lipinski definition) is 0. The Hall–Kier alpha value is -5.45. The number of fused-ring (bicyclic) bond motifs is 7. The zero-order valence-corrected chi connectivity index (χ0v) is 23.9. The first-order valence-electron chi connectivity index (χ1n) is 14.4. The Morgan fingerprint density at radius 1 is 0.488 bits per heavy atom. The van der Waals surface area contributed by atoms with Crippen LogP contribution < -0.4 is 4.90 Å². The number of para-hydroxylation sites is 2. The first kappa shape index (κ1) is 24.2. The number of nitrogens with zero attached hydrogens (tertiary/aromatic N) is 2. The van der Waals surface area contributed by atoms with Crippen molar-refractivity contribution in [1.29, 1.82) is 0 Å². The van der Waals surface area contributed by atoms with Gasteiger partial charge in [-0.05, 0) is 77.9 Å². The van der Waals surface area contributed by atoms with Crippen LogP contribution >= 0.6 is 11.3 Å². The van der Waals surface area contributed by atoms with Crippen LogP contribution in [0.4, 0.5) is 17.1 Å². The second kappa shape index (κ2) is 9.55. The molecule has 202 valence electrons. The van der Waals surface area contributed by atoms with Crippen LogP contribution in [-0.4, -0.2) is 4.98 Å². The van der Waals surface area contributed by atoms with Crippen molar-refractivity contribution in [3.63, 3.8) is 0 Å². The predicted molar refractivity (Wildman–Crippen MR) is 182 cm³/mol. The molecule has 0 unspecified atom stereocenters. The quantitative estimate of drug-likeness (QED) is 0.211. The molecule has 0 fully saturated rings. The highest BCUT2D eigenvalue weighted by Crippen LogP contribution is 2.41. The molecule has 3 nitrogen and oxygen atoms in total. The molecule has 0 aliphatic heterocycles. The molecule has 9 aromatic rings. The lowest BCUT2D eigenvalue weighted by Gasteiger charge is -2.25. The van der Waals surface area contributed by atoms with Crippen LogP contribution in [0.25, 0.3) is 64.1 Å². The molecule has 0 saturated heterocycles. The fraction of sp³-hybridized carbons (Fsp3) is 0. The smallest absolute Gasteiger partial charge is 0.137 e. The highest BCUT2D eigenvalue weighted by Gasteiger charge is 2.16. The summed E-state index contributed by atoms with van der Waals surface area (Å²) in [6.45, 7) is 0. The lowest BCUT2D eigenvalue weighted by atomic mass is 10.0. The van der Waals surface area contributed by atoms with E-state index < -0.39 is 0 Å². The molecule has 0 radical (unpaired) electrons. The summed E-state index contributed by atoms with van der Waals surface area (Å²) in [5.41, 5.74) is 8.48. The number of rotatable bonds is 4. The summed E-state index contributed by atoms with van der Waals surface area (Å²) in [5.74, 6) is 0. The van der Waals surface area contributed by atoms with Crippen molar-refractivity contribution in [1.82, 2.24) is 4.98 Å². The predicted octanol–water partition coefficient (Wildman–Crippen LogP) is 11.6. The van der Waals surface area contributed by atoms with Crippen LogP contribution in [0.2, 0.25) is 0 Å². The van der Waals surface area contributed by atoms with Gasteiger partial charge in [-0.3, -0.25) is 4.98 Å². The van der Waals surface area contributed by atoms with Gasteiger partial charge in [-0.2, -0.15) is 0 Å². The van der Waals surface area contributed by atoms with E-state index >= 15 is 0 Å². The standard InChI is InChI=1S/C39H24N2OS/c1-2-8-28(9-3-1)41(30-17-19-32-31-10-4-5-11-36(31)42-37(32)23-30)29-15-12-25(13-16-29)26-14-18-33-34-24-35-27(7-6-20-40-35)22-39(34)43-38(33)21-26/h1-24H. The largest absolute Gasteiger partial charge is 0.456 e. The summed E-state index contributed by atoms with van der Waals surface area (Å²) in [6.07, 6.45) is 1.86. The van der Waals surface area contributed by atoms with Gasteiger partial charge in [-0.25, -0.2) is 0 Å². The Kier molecular flexibility index (Phi) is 5.37. The third-order valence-electron chi connectivity index (χ3n) is 8.29. The maximum absolute atomic E-state index is 6.24. The molecule has 0 bridgehead atoms. The number of hydrogen-bond acceptors (Lipinski definition) is 4. The molecule has 3 aromatic heterocycles. The van der Waals surface area contributed by atoms with Gasteiger partial charge in [0.2, 0.25) is 0 Å². The third kappa shape index (κ3) is 3.99. The third-order valence-corrected chi connectivity index (χ3v) is 9.41. The van der Waals surface area contributed by atoms with Gasteiger partial charge < -0.3 is 9.32 Å². The SMILES string of the molecule is c1ccc(N(c2ccc(-c3ccc4c(c3)sc3cc5cccnc5cc34)cc2)c2ccc3c(c2)oc2ccccc23)cc1. The van der Waals surface area contributed by atoms with Crippen molar-refractivity contribution in [2.24, 2.45) is 0 Å². The number of aromatic nitrogens is 1. The molecule has 0 saturated carbocycles. The summed E-state index contributed by atoms with van der Waals surface area (Å²) in [4.78, 5) is 6.85. The van der Waals surface area contributed by atoms with Gasteiger partial charge >= 0.3 is 0 Å². The zero-order chi connectivity index (χ0) is 28.3. The molecule has 0 N–H and O–H groups in total. The first-order valence-corrected chi connectivity index (χ1v) is 15.2. The Morgan fingerprint density at radius 2 is 1.21 bits per heavy atom. The van der Waals surface area contributed by atoms with E-state index in [0.29, 0.717) is 0 Å². The average Bonchev–Trinajstić information content (AvgIpc) is 3.61. The number of benzene rings is 6. The summed E-state index contributed by atoms with van der Waals surface area (Å²) in [5, 5.41) is 6.00. The monoisotopic (exact) mass is 568 g/mol. The van der Waals surface area contributed by atoms with E-state index in [1.54, 1.807) is 0 Å². The van der Waals surface area contributed by atoms with Crippen LogP contribution in [0.1, 0.15) is 0 Å². The summed E-state index contributed by atoms with van der Waals surface area (Å²) in [7, 11) is 0. The number of furan rings is 1. The van der Waals surface area contributed by atoms with Crippen LogP contribution in [0.5, 0.6) is 0 Å². The Labute approximate surface area is 251 Å². The maximum atomic E-state index is 6.24. The van der Waals surface area contributed by atoms with Gasteiger partial charge in [0.05, 0.1) is 5.52 Å². The lowest BCUT2D eigenvalue weighted by Crippen LogP contribution is -2.09. The second-order valence-corrected chi connectivity index (χ2v) is 11.9. The van der Waals surface area contributed by atoms with E-state index in [1.807, 2.05) is 35.7 Å². The lowest BCUT2D eigenvalue weighted by molar-refractivity contribution is 0.669. The van der Waals surface area contributed by atoms with Crippen molar-refractivity contribution < 1.29 is 4.42 Å². The van der Waals surface area contributed by atoms with Gasteiger partial charge in [0.15, 0.2) is 0 Å². The minimum absolute atomic E-state index is 0.886. The van der Waals surface area contributed by atoms with Gasteiger partial charge in [-0.15, -0.1) is 11.3 Å². The molecule has 6 aromatic carbocycles. The molecule has 9 rings (SSSR count). The highest BCUT2D eigenvalue weighted by atomic mass is 32.1. The van der Waals surface area contributed by atoms with Gasteiger partial charge in [0, 0.05) is 65.7 Å². The highest BCUT2D eigenvalue weighted by molar-refractivity contribution is 7.25. The van der Waals surface area contributed by atoms with E-state index in [-0.39, 0.29) is 0 Å². The van der Waals surface area contributed by atoms with Crippen molar-refractivity contribution >= 4 is 81.4 Å². The number of pyridine rings is 1. The molecule has 0 spiro atoms. The van der Waals surface area contributed by atoms with Gasteiger partial charge in [0.25, 0.3) is 0 Å². The first-order chi connectivity index (χ1) is 21.3. The Morgan fingerprint density at radius 3 is 2.12 bits per heavy atom. The van der Waals surface area contributed by atoms with Crippen molar-refractivity contribution in [3.8, 4) is 11.1 Å². The molecule has 0 amide bonds. The van der Waals surface area contributed by atoms with Crippen LogP contribution in [0.15, 0.2) is 150 Å². The molecule has 4 heteroatoms. The Bertz CT molecular complexity index is 2460. The molecular weight excluding hydrogens is 545 g/mol. The summed E-state index contributed by atoms with van der Waals surface area (Å²) < 4.78 is 8.83. The van der Waals surface area contributed by atoms with E-state index in [2.05, 4.69) is 131 Å². The van der Waals surface area contributed by atoms with E-state index in [4.69, 9.17) is 4.42 Å². The molecule has 0 aliphatic rings. The summed E-state index contributed by atoms with van der Waals surface area (Å²) in [6, 6.07) is 49.5. The van der Waals surface area contributed by atoms with Crippen molar-refractivity contribution in [2.45, 2.75) is 0 Å². The molecule has 3 heterocycles. The fourth-order valence-corrected chi connectivity index (χ4v) is 7.38. The van der Waals surface area contributed by atoms with Crippen LogP contribution in [-0.2, 0) is 0 Å². The molecular formula is C39H24N2OS. The summed E-state index contributed by atoms with van der Waals surface area (Å²) >= 11 is 1.85. The van der Waals surface area contributed by atoms with E-state index in [9.17, 15) is 0 Å². The van der Waals surface area contributed by atoms with E-state index in [1.165, 1.54) is 36.7 Å². The van der Waals surface area contributed by atoms with Gasteiger partial charge in [0.1, 0.15) is 11.2 Å². The van der Waals surface area contributed by atoms with Crippen molar-refractivity contribution in [2.75, 3.05) is 4.90 Å². The number of anilines is 3. The maximum Gasteiger partial charge on any atom is 0.137 e. The normalized spacial score (nSPS) is 11.7. The zero-order valence-electron chi connectivity index (χ0n) is 23.1. The average molecular weight is 569 g/mol. The number of thiophene rings is 1. The van der Waals surface area contributed by atoms with Crippen LogP contribution in [0, 0.1) is 0 Å². The van der Waals surface area contributed by atoms with Gasteiger partial charge in [-0.1, -0.05) is 66.7 Å². The van der Waals surface area contributed by atoms with Crippen molar-refractivity contribution in [3.05, 3.63) is 146 Å². The molecule has 0 atom stereocenters. The van der Waals surface area contributed by atoms with E-state index in [0.717, 1.165) is 44.5 Å². The fourth-order valence-electron chi connectivity index (χ4n) is 6.20. The van der Waals surface area contributed by atoms with Crippen LogP contribution in [0.3, 0.4) is 0 Å². The topological polar surface area (TPSA) is 29.3 Å². The molecule has 0 aliphatic carbocycles. The minimum Gasteiger partial charge on any atom is -0.456 e. The minimum atomic E-state index is 0.886.